The van der Waals surface area contributed by atoms with Gasteiger partial charge in [0.25, 0.3) is 0 Å². The van der Waals surface area contributed by atoms with Crippen molar-refractivity contribution in [3.63, 3.8) is 0 Å². The van der Waals surface area contributed by atoms with Crippen molar-refractivity contribution in [2.75, 3.05) is 0 Å². The van der Waals surface area contributed by atoms with Crippen LogP contribution in [0.4, 0.5) is 4.39 Å². The lowest BCUT2D eigenvalue weighted by Crippen LogP contribution is -1.90. The number of rotatable bonds is 0. The van der Waals surface area contributed by atoms with E-state index in [1.165, 1.54) is 12.1 Å². The number of aromatic nitrogens is 1. The van der Waals surface area contributed by atoms with E-state index in [0.29, 0.717) is 0 Å². The summed E-state index contributed by atoms with van der Waals surface area (Å²) in [5, 5.41) is 0.850. The number of nitrogens with zero attached hydrogens (tertiary/aromatic N) is 1. The quantitative estimate of drug-likeness (QED) is 0.642. The minimum Gasteiger partial charge on any atom is -0.252 e. The van der Waals surface area contributed by atoms with E-state index in [-0.39, 0.29) is 5.82 Å². The SMILES string of the molecule is Cc1nc2ccc(F)cc2c(I)c1Br. The summed E-state index contributed by atoms with van der Waals surface area (Å²) >= 11 is 5.62. The molecule has 1 nitrogen and oxygen atoms in total. The molecule has 1 aromatic heterocycles. The highest BCUT2D eigenvalue weighted by Gasteiger charge is 2.08. The van der Waals surface area contributed by atoms with E-state index >= 15 is 0 Å². The second-order valence-electron chi connectivity index (χ2n) is 2.99. The van der Waals surface area contributed by atoms with Crippen LogP contribution < -0.4 is 0 Å². The molecule has 72 valence electrons. The van der Waals surface area contributed by atoms with Gasteiger partial charge in [-0.2, -0.15) is 0 Å². The Morgan fingerprint density at radius 3 is 2.86 bits per heavy atom. The van der Waals surface area contributed by atoms with Gasteiger partial charge in [0.2, 0.25) is 0 Å². The van der Waals surface area contributed by atoms with E-state index in [1.807, 2.05) is 6.92 Å². The van der Waals surface area contributed by atoms with E-state index in [4.69, 9.17) is 0 Å². The highest BCUT2D eigenvalue weighted by atomic mass is 127. The average molecular weight is 366 g/mol. The van der Waals surface area contributed by atoms with Crippen molar-refractivity contribution in [2.24, 2.45) is 0 Å². The normalized spacial score (nSPS) is 10.9. The van der Waals surface area contributed by atoms with Gasteiger partial charge in [0.15, 0.2) is 0 Å². The fourth-order valence-corrected chi connectivity index (χ4v) is 2.41. The number of hydrogen-bond donors (Lipinski definition) is 0. The van der Waals surface area contributed by atoms with Crippen molar-refractivity contribution in [3.05, 3.63) is 37.8 Å². The van der Waals surface area contributed by atoms with E-state index in [2.05, 4.69) is 43.5 Å². The van der Waals surface area contributed by atoms with E-state index in [1.54, 1.807) is 6.07 Å². The maximum absolute atomic E-state index is 13.0. The Hall–Kier alpha value is -0.230. The van der Waals surface area contributed by atoms with Gasteiger partial charge in [0, 0.05) is 8.96 Å². The van der Waals surface area contributed by atoms with Crippen LogP contribution in [0.5, 0.6) is 0 Å². The molecular formula is C10H6BrFIN. The number of benzene rings is 1. The molecule has 0 N–H and O–H groups in total. The number of hydrogen-bond acceptors (Lipinski definition) is 1. The summed E-state index contributed by atoms with van der Waals surface area (Å²) in [5.41, 5.74) is 1.75. The Bertz CT molecular complexity index is 513. The van der Waals surface area contributed by atoms with Crippen LogP contribution in [0.2, 0.25) is 0 Å². The molecule has 0 spiro atoms. The summed E-state index contributed by atoms with van der Waals surface area (Å²) in [7, 11) is 0. The summed E-state index contributed by atoms with van der Waals surface area (Å²) in [4.78, 5) is 4.36. The number of aryl methyl sites for hydroxylation is 1. The first-order valence-electron chi connectivity index (χ1n) is 4.00. The molecule has 0 saturated heterocycles. The van der Waals surface area contributed by atoms with Gasteiger partial charge in [0.1, 0.15) is 5.82 Å². The van der Waals surface area contributed by atoms with Gasteiger partial charge in [-0.05, 0) is 63.6 Å². The van der Waals surface area contributed by atoms with Gasteiger partial charge in [-0.3, -0.25) is 4.98 Å². The summed E-state index contributed by atoms with van der Waals surface area (Å²) in [6, 6.07) is 4.64. The van der Waals surface area contributed by atoms with Crippen LogP contribution in [0, 0.1) is 16.3 Å². The summed E-state index contributed by atoms with van der Waals surface area (Å²) in [6.07, 6.45) is 0. The third kappa shape index (κ3) is 1.65. The maximum atomic E-state index is 13.0. The second kappa shape index (κ2) is 3.73. The molecule has 0 saturated carbocycles. The van der Waals surface area contributed by atoms with Crippen LogP contribution in [0.1, 0.15) is 5.69 Å². The molecular weight excluding hydrogens is 360 g/mol. The van der Waals surface area contributed by atoms with Crippen LogP contribution >= 0.6 is 38.5 Å². The van der Waals surface area contributed by atoms with E-state index in [0.717, 1.165) is 24.6 Å². The zero-order valence-corrected chi connectivity index (χ0v) is 11.1. The number of pyridine rings is 1. The molecule has 0 atom stereocenters. The standard InChI is InChI=1S/C10H6BrFIN/c1-5-9(11)10(13)7-4-6(12)2-3-8(7)14-5/h2-4H,1H3. The number of halogens is 3. The minimum absolute atomic E-state index is 0.229. The van der Waals surface area contributed by atoms with E-state index < -0.39 is 0 Å². The maximum Gasteiger partial charge on any atom is 0.123 e. The van der Waals surface area contributed by atoms with Gasteiger partial charge in [0.05, 0.1) is 15.7 Å². The lowest BCUT2D eigenvalue weighted by atomic mass is 10.2. The third-order valence-electron chi connectivity index (χ3n) is 1.99. The van der Waals surface area contributed by atoms with Crippen molar-refractivity contribution in [1.82, 2.24) is 4.98 Å². The van der Waals surface area contributed by atoms with Crippen molar-refractivity contribution >= 4 is 49.4 Å². The molecule has 2 aromatic rings. The first kappa shape index (κ1) is 10.3. The molecule has 0 aliphatic carbocycles. The van der Waals surface area contributed by atoms with Crippen molar-refractivity contribution in [3.8, 4) is 0 Å². The van der Waals surface area contributed by atoms with Crippen LogP contribution in [0.15, 0.2) is 22.7 Å². The van der Waals surface area contributed by atoms with Gasteiger partial charge in [-0.25, -0.2) is 4.39 Å². The predicted octanol–water partition coefficient (Wildman–Crippen LogP) is 4.05. The highest BCUT2D eigenvalue weighted by Crippen LogP contribution is 2.29. The predicted molar refractivity (Wildman–Crippen MR) is 66.9 cm³/mol. The lowest BCUT2D eigenvalue weighted by Gasteiger charge is -2.05. The third-order valence-corrected chi connectivity index (χ3v) is 4.83. The first-order chi connectivity index (χ1) is 6.59. The van der Waals surface area contributed by atoms with Gasteiger partial charge < -0.3 is 0 Å². The largest absolute Gasteiger partial charge is 0.252 e. The Labute approximate surface area is 103 Å². The van der Waals surface area contributed by atoms with Crippen LogP contribution in [-0.4, -0.2) is 4.98 Å². The summed E-state index contributed by atoms with van der Waals surface area (Å²) in [6.45, 7) is 1.93. The highest BCUT2D eigenvalue weighted by molar-refractivity contribution is 14.1. The molecule has 0 amide bonds. The van der Waals surface area contributed by atoms with Crippen molar-refractivity contribution in [2.45, 2.75) is 6.92 Å². The Kier molecular flexibility index (Phi) is 2.74. The lowest BCUT2D eigenvalue weighted by molar-refractivity contribution is 0.629. The van der Waals surface area contributed by atoms with E-state index in [9.17, 15) is 4.39 Å². The monoisotopic (exact) mass is 365 g/mol. The van der Waals surface area contributed by atoms with Gasteiger partial charge in [-0.1, -0.05) is 0 Å². The minimum atomic E-state index is -0.229. The topological polar surface area (TPSA) is 12.9 Å². The van der Waals surface area contributed by atoms with Crippen LogP contribution in [0.25, 0.3) is 10.9 Å². The molecule has 0 radical (unpaired) electrons. The number of fused-ring (bicyclic) bond motifs is 1. The molecule has 0 aliphatic rings. The Morgan fingerprint density at radius 1 is 1.43 bits per heavy atom. The van der Waals surface area contributed by atoms with Crippen molar-refractivity contribution < 1.29 is 4.39 Å². The molecule has 4 heteroatoms. The molecule has 0 bridgehead atoms. The molecule has 0 aliphatic heterocycles. The van der Waals surface area contributed by atoms with Crippen molar-refractivity contribution in [1.29, 1.82) is 0 Å². The Morgan fingerprint density at radius 2 is 2.14 bits per heavy atom. The zero-order valence-electron chi connectivity index (χ0n) is 7.31. The zero-order chi connectivity index (χ0) is 10.3. The van der Waals surface area contributed by atoms with Crippen LogP contribution in [0.3, 0.4) is 0 Å². The van der Waals surface area contributed by atoms with Gasteiger partial charge >= 0.3 is 0 Å². The smallest absolute Gasteiger partial charge is 0.123 e. The molecule has 0 unspecified atom stereocenters. The fourth-order valence-electron chi connectivity index (χ4n) is 1.29. The molecule has 1 aromatic carbocycles. The fraction of sp³-hybridized carbons (Fsp3) is 0.100. The molecule has 0 fully saturated rings. The van der Waals surface area contributed by atoms with Crippen LogP contribution in [-0.2, 0) is 0 Å². The molecule has 1 heterocycles. The summed E-state index contributed by atoms with van der Waals surface area (Å²) < 4.78 is 14.9. The van der Waals surface area contributed by atoms with Gasteiger partial charge in [-0.15, -0.1) is 0 Å². The Balaban J connectivity index is 2.92. The average Bonchev–Trinajstić information content (AvgIpc) is 2.16. The molecule has 2 rings (SSSR count). The first-order valence-corrected chi connectivity index (χ1v) is 5.87. The second-order valence-corrected chi connectivity index (χ2v) is 4.86. The summed E-state index contributed by atoms with van der Waals surface area (Å²) in [5.74, 6) is -0.229. The molecule has 14 heavy (non-hydrogen) atoms.